The SMILES string of the molecule is CN=C(N)SCC1CCCCC1. The molecule has 1 aliphatic rings. The quantitative estimate of drug-likeness (QED) is 0.530. The van der Waals surface area contributed by atoms with E-state index < -0.39 is 0 Å². The van der Waals surface area contributed by atoms with Gasteiger partial charge in [-0.05, 0) is 18.8 Å². The number of hydrogen-bond donors (Lipinski definition) is 1. The van der Waals surface area contributed by atoms with Crippen LogP contribution < -0.4 is 5.73 Å². The molecule has 3 heteroatoms. The maximum atomic E-state index is 5.60. The zero-order valence-electron chi connectivity index (χ0n) is 7.75. The van der Waals surface area contributed by atoms with Crippen molar-refractivity contribution in [1.29, 1.82) is 0 Å². The van der Waals surface area contributed by atoms with E-state index in [1.165, 1.54) is 37.9 Å². The van der Waals surface area contributed by atoms with Crippen molar-refractivity contribution in [2.24, 2.45) is 16.6 Å². The van der Waals surface area contributed by atoms with Crippen molar-refractivity contribution in [3.05, 3.63) is 0 Å². The van der Waals surface area contributed by atoms with Crippen LogP contribution in [0.2, 0.25) is 0 Å². The summed E-state index contributed by atoms with van der Waals surface area (Å²) in [4.78, 5) is 3.93. The second-order valence-corrected chi connectivity index (χ2v) is 4.42. The number of hydrogen-bond acceptors (Lipinski definition) is 2. The first kappa shape index (κ1) is 9.90. The van der Waals surface area contributed by atoms with E-state index in [4.69, 9.17) is 5.73 Å². The van der Waals surface area contributed by atoms with Crippen molar-refractivity contribution in [3.8, 4) is 0 Å². The van der Waals surface area contributed by atoms with Crippen molar-refractivity contribution in [2.45, 2.75) is 32.1 Å². The molecule has 12 heavy (non-hydrogen) atoms. The molecule has 0 aromatic carbocycles. The van der Waals surface area contributed by atoms with Crippen LogP contribution in [0.3, 0.4) is 0 Å². The highest BCUT2D eigenvalue weighted by molar-refractivity contribution is 8.13. The smallest absolute Gasteiger partial charge is 0.153 e. The van der Waals surface area contributed by atoms with Crippen molar-refractivity contribution in [1.82, 2.24) is 0 Å². The lowest BCUT2D eigenvalue weighted by Gasteiger charge is -2.20. The molecular weight excluding hydrogens is 168 g/mol. The summed E-state index contributed by atoms with van der Waals surface area (Å²) in [6.07, 6.45) is 7.04. The first-order chi connectivity index (χ1) is 5.83. The molecule has 0 amide bonds. The van der Waals surface area contributed by atoms with E-state index in [1.54, 1.807) is 18.8 Å². The van der Waals surface area contributed by atoms with E-state index in [0.717, 1.165) is 11.1 Å². The van der Waals surface area contributed by atoms with Crippen LogP contribution in [0.15, 0.2) is 4.99 Å². The number of nitrogens with zero attached hydrogens (tertiary/aromatic N) is 1. The van der Waals surface area contributed by atoms with E-state index in [1.807, 2.05) is 0 Å². The Morgan fingerprint density at radius 2 is 2.08 bits per heavy atom. The van der Waals surface area contributed by atoms with Crippen molar-refractivity contribution in [3.63, 3.8) is 0 Å². The maximum absolute atomic E-state index is 5.60. The zero-order valence-corrected chi connectivity index (χ0v) is 8.57. The fourth-order valence-electron chi connectivity index (χ4n) is 1.62. The molecule has 0 unspecified atom stereocenters. The molecule has 1 rings (SSSR count). The Bertz CT molecular complexity index is 151. The molecule has 2 N–H and O–H groups in total. The van der Waals surface area contributed by atoms with Gasteiger partial charge in [0, 0.05) is 12.8 Å². The summed E-state index contributed by atoms with van der Waals surface area (Å²) < 4.78 is 0. The van der Waals surface area contributed by atoms with Crippen molar-refractivity contribution >= 4 is 16.9 Å². The summed E-state index contributed by atoms with van der Waals surface area (Å²) in [5, 5.41) is 0.737. The van der Waals surface area contributed by atoms with E-state index >= 15 is 0 Å². The highest BCUT2D eigenvalue weighted by atomic mass is 32.2. The lowest BCUT2D eigenvalue weighted by Crippen LogP contribution is -2.13. The highest BCUT2D eigenvalue weighted by Gasteiger charge is 2.13. The van der Waals surface area contributed by atoms with Gasteiger partial charge in [-0.3, -0.25) is 4.99 Å². The number of amidine groups is 1. The second-order valence-electron chi connectivity index (χ2n) is 3.38. The van der Waals surface area contributed by atoms with E-state index in [0.29, 0.717) is 0 Å². The lowest BCUT2D eigenvalue weighted by atomic mass is 9.91. The molecule has 0 atom stereocenters. The number of nitrogens with two attached hydrogens (primary N) is 1. The molecule has 0 heterocycles. The van der Waals surface area contributed by atoms with Gasteiger partial charge in [-0.25, -0.2) is 0 Å². The van der Waals surface area contributed by atoms with Crippen LogP contribution in [0, 0.1) is 5.92 Å². The predicted molar refractivity (Wildman–Crippen MR) is 56.6 cm³/mol. The van der Waals surface area contributed by atoms with Gasteiger partial charge in [-0.1, -0.05) is 31.0 Å². The molecule has 0 aromatic rings. The Morgan fingerprint density at radius 1 is 1.42 bits per heavy atom. The predicted octanol–water partition coefficient (Wildman–Crippen LogP) is 2.24. The molecule has 0 saturated heterocycles. The molecule has 1 fully saturated rings. The minimum atomic E-state index is 0.737. The first-order valence-electron chi connectivity index (χ1n) is 4.68. The zero-order chi connectivity index (χ0) is 8.81. The number of aliphatic imine (C=N–C) groups is 1. The maximum Gasteiger partial charge on any atom is 0.153 e. The monoisotopic (exact) mass is 186 g/mol. The van der Waals surface area contributed by atoms with Gasteiger partial charge < -0.3 is 5.73 Å². The van der Waals surface area contributed by atoms with Crippen LogP contribution in [0.4, 0.5) is 0 Å². The molecule has 1 saturated carbocycles. The van der Waals surface area contributed by atoms with Gasteiger partial charge in [-0.15, -0.1) is 0 Å². The fraction of sp³-hybridized carbons (Fsp3) is 0.889. The summed E-state index contributed by atoms with van der Waals surface area (Å²) in [7, 11) is 1.75. The summed E-state index contributed by atoms with van der Waals surface area (Å²) in [6, 6.07) is 0. The summed E-state index contributed by atoms with van der Waals surface area (Å²) in [5.74, 6) is 2.06. The largest absolute Gasteiger partial charge is 0.379 e. The molecule has 0 radical (unpaired) electrons. The Labute approximate surface area is 79.0 Å². The lowest BCUT2D eigenvalue weighted by molar-refractivity contribution is 0.391. The molecule has 70 valence electrons. The van der Waals surface area contributed by atoms with Crippen molar-refractivity contribution in [2.75, 3.05) is 12.8 Å². The molecule has 0 aliphatic heterocycles. The van der Waals surface area contributed by atoms with Crippen LogP contribution in [0.1, 0.15) is 32.1 Å². The highest BCUT2D eigenvalue weighted by Crippen LogP contribution is 2.26. The Morgan fingerprint density at radius 3 is 2.67 bits per heavy atom. The Kier molecular flexibility index (Phi) is 4.51. The van der Waals surface area contributed by atoms with Gasteiger partial charge in [0.05, 0.1) is 0 Å². The second kappa shape index (κ2) is 5.46. The minimum Gasteiger partial charge on any atom is -0.379 e. The fourth-order valence-corrected chi connectivity index (χ4v) is 2.49. The average Bonchev–Trinajstić information content (AvgIpc) is 2.16. The summed E-state index contributed by atoms with van der Waals surface area (Å²) in [6.45, 7) is 0. The minimum absolute atomic E-state index is 0.737. The molecule has 1 aliphatic carbocycles. The molecule has 0 aromatic heterocycles. The Balaban J connectivity index is 2.13. The van der Waals surface area contributed by atoms with Crippen LogP contribution in [0.25, 0.3) is 0 Å². The van der Waals surface area contributed by atoms with E-state index in [9.17, 15) is 0 Å². The van der Waals surface area contributed by atoms with Crippen LogP contribution in [-0.4, -0.2) is 18.0 Å². The third kappa shape index (κ3) is 3.48. The van der Waals surface area contributed by atoms with Gasteiger partial charge in [-0.2, -0.15) is 0 Å². The molecule has 0 spiro atoms. The van der Waals surface area contributed by atoms with E-state index in [-0.39, 0.29) is 0 Å². The molecule has 0 bridgehead atoms. The van der Waals surface area contributed by atoms with Crippen LogP contribution in [-0.2, 0) is 0 Å². The van der Waals surface area contributed by atoms with Gasteiger partial charge in [0.15, 0.2) is 5.17 Å². The van der Waals surface area contributed by atoms with Crippen LogP contribution >= 0.6 is 11.8 Å². The van der Waals surface area contributed by atoms with E-state index in [2.05, 4.69) is 4.99 Å². The van der Waals surface area contributed by atoms with Gasteiger partial charge in [0.2, 0.25) is 0 Å². The normalized spacial score (nSPS) is 21.2. The third-order valence-corrected chi connectivity index (χ3v) is 3.53. The standard InChI is InChI=1S/C9H18N2S/c1-11-9(10)12-7-8-5-3-2-4-6-8/h8H,2-7H2,1H3,(H2,10,11). The first-order valence-corrected chi connectivity index (χ1v) is 5.66. The number of thioether (sulfide) groups is 1. The average molecular weight is 186 g/mol. The Hall–Kier alpha value is -0.180. The summed E-state index contributed by atoms with van der Waals surface area (Å²) >= 11 is 1.71. The summed E-state index contributed by atoms with van der Waals surface area (Å²) in [5.41, 5.74) is 5.60. The topological polar surface area (TPSA) is 38.4 Å². The third-order valence-electron chi connectivity index (χ3n) is 2.41. The number of rotatable bonds is 2. The van der Waals surface area contributed by atoms with Crippen LogP contribution in [0.5, 0.6) is 0 Å². The molecular formula is C9H18N2S. The van der Waals surface area contributed by atoms with Crippen molar-refractivity contribution < 1.29 is 0 Å². The van der Waals surface area contributed by atoms with Gasteiger partial charge >= 0.3 is 0 Å². The molecule has 2 nitrogen and oxygen atoms in total. The van der Waals surface area contributed by atoms with Gasteiger partial charge in [0.25, 0.3) is 0 Å². The van der Waals surface area contributed by atoms with Gasteiger partial charge in [0.1, 0.15) is 0 Å².